The number of rotatable bonds is 3. The molecule has 1 N–H and O–H groups in total. The van der Waals surface area contributed by atoms with Gasteiger partial charge in [0.05, 0.1) is 6.04 Å². The van der Waals surface area contributed by atoms with E-state index in [4.69, 9.17) is 4.74 Å². The summed E-state index contributed by atoms with van der Waals surface area (Å²) in [5, 5.41) is 3.48. The lowest BCUT2D eigenvalue weighted by Gasteiger charge is -2.29. The maximum atomic E-state index is 12.3. The van der Waals surface area contributed by atoms with Crippen LogP contribution in [-0.2, 0) is 4.74 Å². The largest absolute Gasteiger partial charge is 0.444 e. The van der Waals surface area contributed by atoms with Crippen LogP contribution < -0.4 is 5.32 Å². The first-order valence-electron chi connectivity index (χ1n) is 8.07. The molecule has 1 aliphatic heterocycles. The number of aryl methyl sites for hydroxylation is 2. The van der Waals surface area contributed by atoms with Crippen molar-refractivity contribution < 1.29 is 9.53 Å². The summed E-state index contributed by atoms with van der Waals surface area (Å²) in [5.74, 6) is 0. The molecule has 1 saturated heterocycles. The minimum absolute atomic E-state index is 0.197. The smallest absolute Gasteiger partial charge is 0.410 e. The average Bonchev–Trinajstić information content (AvgIpc) is 2.84. The van der Waals surface area contributed by atoms with Crippen molar-refractivity contribution in [2.45, 2.75) is 59.1 Å². The van der Waals surface area contributed by atoms with Crippen molar-refractivity contribution in [3.8, 4) is 0 Å². The predicted octanol–water partition coefficient (Wildman–Crippen LogP) is 4.11. The van der Waals surface area contributed by atoms with Gasteiger partial charge < -0.3 is 15.0 Å². The van der Waals surface area contributed by atoms with Crippen molar-refractivity contribution in [3.05, 3.63) is 29.3 Å². The van der Waals surface area contributed by atoms with Gasteiger partial charge in [-0.2, -0.15) is 0 Å². The standard InChI is InChI=1S/C18H28N2O2/c1-13-8-9-16(14(2)11-13)19-12-15-7-6-10-20(15)17(21)22-18(3,4)5/h8-9,11,15,19H,6-7,10,12H2,1-5H3. The van der Waals surface area contributed by atoms with Crippen LogP contribution in [0.5, 0.6) is 0 Å². The minimum atomic E-state index is -0.439. The highest BCUT2D eigenvalue weighted by Crippen LogP contribution is 2.22. The molecular formula is C18H28N2O2. The number of anilines is 1. The van der Waals surface area contributed by atoms with E-state index in [0.717, 1.165) is 31.6 Å². The van der Waals surface area contributed by atoms with Gasteiger partial charge in [-0.1, -0.05) is 17.7 Å². The van der Waals surface area contributed by atoms with Crippen LogP contribution in [0.1, 0.15) is 44.7 Å². The predicted molar refractivity (Wildman–Crippen MR) is 90.4 cm³/mol. The molecule has 0 saturated carbocycles. The van der Waals surface area contributed by atoms with Crippen molar-refractivity contribution in [1.82, 2.24) is 4.90 Å². The monoisotopic (exact) mass is 304 g/mol. The van der Waals surface area contributed by atoms with Crippen LogP contribution in [0.3, 0.4) is 0 Å². The third-order valence-corrected chi connectivity index (χ3v) is 3.92. The number of ether oxygens (including phenoxy) is 1. The summed E-state index contributed by atoms with van der Waals surface area (Å²) in [6.07, 6.45) is 1.87. The van der Waals surface area contributed by atoms with Crippen molar-refractivity contribution in [2.75, 3.05) is 18.4 Å². The molecule has 22 heavy (non-hydrogen) atoms. The molecule has 1 aromatic carbocycles. The van der Waals surface area contributed by atoms with Gasteiger partial charge >= 0.3 is 6.09 Å². The fourth-order valence-electron chi connectivity index (χ4n) is 2.85. The number of hydrogen-bond donors (Lipinski definition) is 1. The average molecular weight is 304 g/mol. The summed E-state index contributed by atoms with van der Waals surface area (Å²) >= 11 is 0. The van der Waals surface area contributed by atoms with Crippen molar-refractivity contribution >= 4 is 11.8 Å². The second kappa shape index (κ2) is 6.59. The number of benzene rings is 1. The van der Waals surface area contributed by atoms with Gasteiger partial charge in [0.25, 0.3) is 0 Å². The Hall–Kier alpha value is -1.71. The SMILES string of the molecule is Cc1ccc(NCC2CCCN2C(=O)OC(C)(C)C)c(C)c1. The van der Waals surface area contributed by atoms with E-state index in [2.05, 4.69) is 37.4 Å². The summed E-state index contributed by atoms with van der Waals surface area (Å²) in [4.78, 5) is 14.1. The van der Waals surface area contributed by atoms with Gasteiger partial charge in [-0.3, -0.25) is 0 Å². The molecule has 1 amide bonds. The third kappa shape index (κ3) is 4.39. The second-order valence-corrected chi connectivity index (χ2v) is 7.17. The molecule has 1 aromatic rings. The van der Waals surface area contributed by atoms with E-state index in [9.17, 15) is 4.79 Å². The van der Waals surface area contributed by atoms with E-state index in [1.807, 2.05) is 25.7 Å². The molecule has 0 radical (unpaired) electrons. The number of amides is 1. The summed E-state index contributed by atoms with van der Waals surface area (Å²) in [5.41, 5.74) is 3.20. The van der Waals surface area contributed by atoms with Crippen molar-refractivity contribution in [1.29, 1.82) is 0 Å². The van der Waals surface area contributed by atoms with Crippen LogP contribution in [0.25, 0.3) is 0 Å². The van der Waals surface area contributed by atoms with Gasteiger partial charge in [0.2, 0.25) is 0 Å². The molecule has 4 heteroatoms. The first-order valence-corrected chi connectivity index (χ1v) is 8.07. The molecule has 2 rings (SSSR count). The first-order chi connectivity index (χ1) is 10.3. The van der Waals surface area contributed by atoms with Crippen LogP contribution in [0.2, 0.25) is 0 Å². The molecule has 0 aromatic heterocycles. The molecule has 4 nitrogen and oxygen atoms in total. The van der Waals surface area contributed by atoms with Gasteiger partial charge in [0.1, 0.15) is 5.60 Å². The highest BCUT2D eigenvalue weighted by molar-refractivity contribution is 5.69. The number of nitrogens with zero attached hydrogens (tertiary/aromatic N) is 1. The lowest BCUT2D eigenvalue weighted by atomic mass is 10.1. The lowest BCUT2D eigenvalue weighted by molar-refractivity contribution is 0.0235. The second-order valence-electron chi connectivity index (χ2n) is 7.17. The maximum absolute atomic E-state index is 12.3. The van der Waals surface area contributed by atoms with E-state index in [0.29, 0.717) is 0 Å². The summed E-state index contributed by atoms with van der Waals surface area (Å²) in [7, 11) is 0. The Morgan fingerprint density at radius 3 is 2.73 bits per heavy atom. The zero-order valence-electron chi connectivity index (χ0n) is 14.4. The third-order valence-electron chi connectivity index (χ3n) is 3.92. The van der Waals surface area contributed by atoms with Gasteiger partial charge in [0.15, 0.2) is 0 Å². The lowest BCUT2D eigenvalue weighted by Crippen LogP contribution is -2.42. The molecule has 1 atom stereocenters. The quantitative estimate of drug-likeness (QED) is 0.913. The van der Waals surface area contributed by atoms with Gasteiger partial charge in [-0.25, -0.2) is 4.79 Å². The highest BCUT2D eigenvalue weighted by atomic mass is 16.6. The molecule has 1 aliphatic rings. The van der Waals surface area contributed by atoms with Gasteiger partial charge in [0, 0.05) is 18.8 Å². The fraction of sp³-hybridized carbons (Fsp3) is 0.611. The van der Waals surface area contributed by atoms with Crippen LogP contribution in [0.4, 0.5) is 10.5 Å². The molecular weight excluding hydrogens is 276 g/mol. The number of nitrogens with one attached hydrogen (secondary N) is 1. The number of likely N-dealkylation sites (tertiary alicyclic amines) is 1. The number of hydrogen-bond acceptors (Lipinski definition) is 3. The Bertz CT molecular complexity index is 534. The summed E-state index contributed by atoms with van der Waals surface area (Å²) in [6, 6.07) is 6.59. The van der Waals surface area contributed by atoms with Crippen molar-refractivity contribution in [2.24, 2.45) is 0 Å². The summed E-state index contributed by atoms with van der Waals surface area (Å²) < 4.78 is 5.50. The van der Waals surface area contributed by atoms with E-state index in [1.165, 1.54) is 11.1 Å². The molecule has 0 spiro atoms. The number of carbonyl (C=O) groups is 1. The van der Waals surface area contributed by atoms with Gasteiger partial charge in [-0.05, 0) is 59.1 Å². The van der Waals surface area contributed by atoms with Crippen LogP contribution >= 0.6 is 0 Å². The van der Waals surface area contributed by atoms with Crippen molar-refractivity contribution in [3.63, 3.8) is 0 Å². The molecule has 122 valence electrons. The maximum Gasteiger partial charge on any atom is 0.410 e. The summed E-state index contributed by atoms with van der Waals surface area (Å²) in [6.45, 7) is 11.5. The highest BCUT2D eigenvalue weighted by Gasteiger charge is 2.31. The molecule has 0 aliphatic carbocycles. The Balaban J connectivity index is 1.95. The van der Waals surface area contributed by atoms with Gasteiger partial charge in [-0.15, -0.1) is 0 Å². The Morgan fingerprint density at radius 1 is 1.36 bits per heavy atom. The van der Waals surface area contributed by atoms with Crippen LogP contribution in [-0.4, -0.2) is 35.7 Å². The Labute approximate surface area is 133 Å². The molecule has 1 fully saturated rings. The number of carbonyl (C=O) groups excluding carboxylic acids is 1. The van der Waals surface area contributed by atoms with Crippen LogP contribution in [0, 0.1) is 13.8 Å². The zero-order valence-corrected chi connectivity index (χ0v) is 14.4. The Morgan fingerprint density at radius 2 is 2.09 bits per heavy atom. The molecule has 1 heterocycles. The molecule has 0 bridgehead atoms. The van der Waals surface area contributed by atoms with E-state index in [-0.39, 0.29) is 12.1 Å². The minimum Gasteiger partial charge on any atom is -0.444 e. The normalized spacial score (nSPS) is 18.4. The zero-order chi connectivity index (χ0) is 16.3. The van der Waals surface area contributed by atoms with E-state index < -0.39 is 5.60 Å². The Kier molecular flexibility index (Phi) is 4.99. The topological polar surface area (TPSA) is 41.6 Å². The van der Waals surface area contributed by atoms with E-state index in [1.54, 1.807) is 0 Å². The van der Waals surface area contributed by atoms with Crippen LogP contribution in [0.15, 0.2) is 18.2 Å². The first kappa shape index (κ1) is 16.7. The van der Waals surface area contributed by atoms with E-state index >= 15 is 0 Å². The fourth-order valence-corrected chi connectivity index (χ4v) is 2.85. The molecule has 1 unspecified atom stereocenters.